The summed E-state index contributed by atoms with van der Waals surface area (Å²) in [6.45, 7) is 9.47. The zero-order chi connectivity index (χ0) is 23.7. The van der Waals surface area contributed by atoms with Crippen LogP contribution in [0.25, 0.3) is 0 Å². The summed E-state index contributed by atoms with van der Waals surface area (Å²) in [5.41, 5.74) is 0.425. The Labute approximate surface area is 203 Å². The molecular formula is C27H43NO4S. The molecule has 12 atom stereocenters. The summed E-state index contributed by atoms with van der Waals surface area (Å²) >= 11 is 1.16. The van der Waals surface area contributed by atoms with Crippen LogP contribution in [0.4, 0.5) is 4.79 Å². The fourth-order valence-electron chi connectivity index (χ4n) is 9.98. The smallest absolute Gasteiger partial charge is 0.286 e. The molecule has 5 rings (SSSR count). The molecule has 4 saturated carbocycles. The number of aliphatic hydroxyl groups excluding tert-OH is 2. The van der Waals surface area contributed by atoms with Gasteiger partial charge in [0.2, 0.25) is 5.91 Å². The van der Waals surface area contributed by atoms with Crippen LogP contribution in [0, 0.1) is 52.3 Å². The minimum absolute atomic E-state index is 0.118. The van der Waals surface area contributed by atoms with Crippen LogP contribution in [0.1, 0.15) is 85.5 Å². The Balaban J connectivity index is 1.39. The topological polar surface area (TPSA) is 86.6 Å². The van der Waals surface area contributed by atoms with Gasteiger partial charge in [0.25, 0.3) is 5.24 Å². The summed E-state index contributed by atoms with van der Waals surface area (Å²) in [7, 11) is 0. The molecule has 0 aromatic rings. The van der Waals surface area contributed by atoms with Gasteiger partial charge in [-0.15, -0.1) is 0 Å². The molecule has 4 unspecified atom stereocenters. The van der Waals surface area contributed by atoms with Crippen LogP contribution in [0.15, 0.2) is 0 Å². The summed E-state index contributed by atoms with van der Waals surface area (Å²) in [5, 5.41) is 24.3. The van der Waals surface area contributed by atoms with E-state index in [4.69, 9.17) is 0 Å². The van der Waals surface area contributed by atoms with Gasteiger partial charge in [0.15, 0.2) is 0 Å². The average molecular weight is 478 g/mol. The number of hydrogen-bond acceptors (Lipinski definition) is 5. The number of rotatable bonds is 4. The number of nitrogens with one attached hydrogen (secondary N) is 1. The van der Waals surface area contributed by atoms with E-state index in [-0.39, 0.29) is 45.4 Å². The molecule has 4 aliphatic carbocycles. The van der Waals surface area contributed by atoms with Crippen LogP contribution in [0.2, 0.25) is 0 Å². The first kappa shape index (κ1) is 24.1. The summed E-state index contributed by atoms with van der Waals surface area (Å²) in [5.74, 6) is 2.96. The van der Waals surface area contributed by atoms with E-state index in [1.165, 1.54) is 25.7 Å². The van der Waals surface area contributed by atoms with Crippen molar-refractivity contribution in [3.63, 3.8) is 0 Å². The summed E-state index contributed by atoms with van der Waals surface area (Å²) in [4.78, 5) is 23.9. The van der Waals surface area contributed by atoms with Gasteiger partial charge in [-0.1, -0.05) is 45.9 Å². The molecule has 0 aromatic carbocycles. The first-order chi connectivity index (χ1) is 15.6. The molecule has 0 spiro atoms. The number of thioether (sulfide) groups is 1. The lowest BCUT2D eigenvalue weighted by Crippen LogP contribution is -2.62. The molecule has 1 heterocycles. The maximum Gasteiger partial charge on any atom is 0.286 e. The number of aliphatic hydroxyl groups is 2. The lowest BCUT2D eigenvalue weighted by atomic mass is 9.41. The van der Waals surface area contributed by atoms with E-state index in [1.807, 2.05) is 0 Å². The third kappa shape index (κ3) is 3.64. The van der Waals surface area contributed by atoms with Gasteiger partial charge in [0.1, 0.15) is 0 Å². The molecule has 0 bridgehead atoms. The monoisotopic (exact) mass is 477 g/mol. The van der Waals surface area contributed by atoms with Gasteiger partial charge in [0.05, 0.1) is 17.5 Å². The lowest BCUT2D eigenvalue weighted by molar-refractivity contribution is -0.203. The summed E-state index contributed by atoms with van der Waals surface area (Å²) in [6, 6.07) is 0. The Morgan fingerprint density at radius 2 is 1.73 bits per heavy atom. The number of imide groups is 1. The van der Waals surface area contributed by atoms with Crippen LogP contribution in [-0.4, -0.2) is 38.8 Å². The second-order valence-corrected chi connectivity index (χ2v) is 13.9. The molecule has 2 amide bonds. The highest BCUT2D eigenvalue weighted by Gasteiger charge is 2.65. The van der Waals surface area contributed by atoms with Crippen molar-refractivity contribution in [1.82, 2.24) is 5.32 Å². The van der Waals surface area contributed by atoms with E-state index < -0.39 is 0 Å². The van der Waals surface area contributed by atoms with Crippen LogP contribution < -0.4 is 5.32 Å². The molecule has 0 radical (unpaired) electrons. The number of fused-ring (bicyclic) bond motifs is 5. The molecule has 186 valence electrons. The van der Waals surface area contributed by atoms with Crippen molar-refractivity contribution in [1.29, 1.82) is 0 Å². The molecule has 0 aromatic heterocycles. The fraction of sp³-hybridized carbons (Fsp3) is 0.926. The highest BCUT2D eigenvalue weighted by molar-refractivity contribution is 8.15. The number of carbonyl (C=O) groups is 2. The SMILES string of the molecule is CC[C@H]1[C@@H](O)C2C3CCC([C@H](C)C[C@@H]4SC(=O)NC4=O)[C@@]3(C)CCC2[C@@]2(C)CC[C@@H](O)C[C@@H]12. The van der Waals surface area contributed by atoms with Crippen LogP contribution in [-0.2, 0) is 4.79 Å². The number of hydrogen-bond donors (Lipinski definition) is 3. The van der Waals surface area contributed by atoms with E-state index in [2.05, 4.69) is 33.0 Å². The van der Waals surface area contributed by atoms with Gasteiger partial charge in [-0.2, -0.15) is 0 Å². The quantitative estimate of drug-likeness (QED) is 0.531. The Kier molecular flexibility index (Phi) is 6.22. The normalized spacial score (nSPS) is 52.6. The van der Waals surface area contributed by atoms with Crippen molar-refractivity contribution in [2.75, 3.05) is 0 Å². The average Bonchev–Trinajstić information content (AvgIpc) is 3.27. The van der Waals surface area contributed by atoms with Crippen LogP contribution in [0.5, 0.6) is 0 Å². The molecule has 5 aliphatic rings. The van der Waals surface area contributed by atoms with Crippen molar-refractivity contribution in [3.8, 4) is 0 Å². The van der Waals surface area contributed by atoms with Gasteiger partial charge >= 0.3 is 0 Å². The van der Waals surface area contributed by atoms with E-state index >= 15 is 0 Å². The Bertz CT molecular complexity index is 805. The molecule has 6 heteroatoms. The van der Waals surface area contributed by atoms with Crippen LogP contribution >= 0.6 is 11.8 Å². The fourth-order valence-corrected chi connectivity index (χ4v) is 11.0. The van der Waals surface area contributed by atoms with Crippen LogP contribution in [0.3, 0.4) is 0 Å². The number of amides is 2. The van der Waals surface area contributed by atoms with Gasteiger partial charge in [-0.05, 0) is 104 Å². The summed E-state index contributed by atoms with van der Waals surface area (Å²) < 4.78 is 0. The Morgan fingerprint density at radius 3 is 2.39 bits per heavy atom. The minimum Gasteiger partial charge on any atom is -0.393 e. The molecule has 1 aliphatic heterocycles. The second kappa shape index (κ2) is 8.51. The van der Waals surface area contributed by atoms with E-state index in [0.29, 0.717) is 35.5 Å². The van der Waals surface area contributed by atoms with E-state index in [9.17, 15) is 19.8 Å². The maximum atomic E-state index is 12.2. The zero-order valence-electron chi connectivity index (χ0n) is 20.8. The molecular weight excluding hydrogens is 434 g/mol. The number of carbonyl (C=O) groups excluding carboxylic acids is 2. The molecule has 33 heavy (non-hydrogen) atoms. The molecule has 3 N–H and O–H groups in total. The van der Waals surface area contributed by atoms with Crippen molar-refractivity contribution >= 4 is 22.9 Å². The van der Waals surface area contributed by atoms with E-state index in [0.717, 1.165) is 43.9 Å². The largest absolute Gasteiger partial charge is 0.393 e. The highest BCUT2D eigenvalue weighted by Crippen LogP contribution is 2.69. The Morgan fingerprint density at radius 1 is 1.03 bits per heavy atom. The predicted molar refractivity (Wildman–Crippen MR) is 130 cm³/mol. The standard InChI is InChI=1S/C27H43NO4S/c1-5-16-20-13-15(29)8-10-27(20,4)19-9-11-26(3)17(6-7-18(26)22(19)23(16)30)14(2)12-21-24(31)28-25(32)33-21/h14-23,29-30H,5-13H2,1-4H3,(H,28,31,32)/t14-,15-,16-,17?,18?,19?,20+,21+,22?,23-,26-,27-/m1/s1. The first-order valence-electron chi connectivity index (χ1n) is 13.5. The maximum absolute atomic E-state index is 12.2. The van der Waals surface area contributed by atoms with Crippen molar-refractivity contribution in [3.05, 3.63) is 0 Å². The lowest BCUT2D eigenvalue weighted by Gasteiger charge is -2.64. The molecule has 5 nitrogen and oxygen atoms in total. The third-order valence-electron chi connectivity index (χ3n) is 11.5. The highest BCUT2D eigenvalue weighted by atomic mass is 32.2. The van der Waals surface area contributed by atoms with Gasteiger partial charge < -0.3 is 10.2 Å². The Hall–Kier alpha value is -0.590. The minimum atomic E-state index is -0.268. The van der Waals surface area contributed by atoms with Gasteiger partial charge in [-0.25, -0.2) is 0 Å². The van der Waals surface area contributed by atoms with E-state index in [1.54, 1.807) is 0 Å². The summed E-state index contributed by atoms with van der Waals surface area (Å²) in [6.07, 6.45) is 8.85. The van der Waals surface area contributed by atoms with Gasteiger partial charge in [-0.3, -0.25) is 14.9 Å². The molecule has 1 saturated heterocycles. The first-order valence-corrected chi connectivity index (χ1v) is 14.4. The van der Waals surface area contributed by atoms with Crippen molar-refractivity contribution in [2.24, 2.45) is 52.3 Å². The van der Waals surface area contributed by atoms with Gasteiger partial charge in [0, 0.05) is 0 Å². The van der Waals surface area contributed by atoms with Crippen molar-refractivity contribution < 1.29 is 19.8 Å². The zero-order valence-corrected chi connectivity index (χ0v) is 21.6. The third-order valence-corrected chi connectivity index (χ3v) is 12.5. The molecule has 5 fully saturated rings. The second-order valence-electron chi connectivity index (χ2n) is 12.7. The van der Waals surface area contributed by atoms with Crippen molar-refractivity contribution in [2.45, 2.75) is 103 Å². The predicted octanol–water partition coefficient (Wildman–Crippen LogP) is 4.99.